The molecule has 2 aliphatic rings. The van der Waals surface area contributed by atoms with Crippen molar-refractivity contribution in [2.24, 2.45) is 0 Å². The number of cyclic esters (lactones) is 1. The first kappa shape index (κ1) is 26.3. The van der Waals surface area contributed by atoms with Crippen molar-refractivity contribution < 1.29 is 38.4 Å². The van der Waals surface area contributed by atoms with E-state index in [1.54, 1.807) is 37.3 Å². The lowest BCUT2D eigenvalue weighted by Crippen LogP contribution is -2.23. The highest BCUT2D eigenvalue weighted by atomic mass is 16.5. The van der Waals surface area contributed by atoms with Gasteiger partial charge in [0.25, 0.3) is 0 Å². The number of esters is 2. The fourth-order valence-corrected chi connectivity index (χ4v) is 4.90. The molecule has 0 radical (unpaired) electrons. The number of benzene rings is 2. The van der Waals surface area contributed by atoms with Crippen LogP contribution in [0.2, 0.25) is 0 Å². The summed E-state index contributed by atoms with van der Waals surface area (Å²) in [6, 6.07) is 6.80. The van der Waals surface area contributed by atoms with Gasteiger partial charge >= 0.3 is 11.9 Å². The Bertz CT molecular complexity index is 1230. The van der Waals surface area contributed by atoms with Crippen molar-refractivity contribution in [1.82, 2.24) is 0 Å². The number of fused-ring (bicyclic) bond motifs is 2. The molecule has 0 amide bonds. The molecule has 2 heterocycles. The van der Waals surface area contributed by atoms with E-state index < -0.39 is 24.0 Å². The van der Waals surface area contributed by atoms with Crippen LogP contribution in [0.3, 0.4) is 0 Å². The molecule has 8 nitrogen and oxygen atoms in total. The van der Waals surface area contributed by atoms with Gasteiger partial charge in [-0.15, -0.1) is 0 Å². The topological polar surface area (TPSA) is 108 Å². The molecule has 0 bridgehead atoms. The summed E-state index contributed by atoms with van der Waals surface area (Å²) in [6.07, 6.45) is 6.45. The molecule has 2 aromatic rings. The minimum atomic E-state index is -0.677. The van der Waals surface area contributed by atoms with Crippen molar-refractivity contribution in [3.05, 3.63) is 52.6 Å². The largest absolute Gasteiger partial charge is 0.507 e. The number of allylic oxidation sites excluding steroid dienone is 1. The number of ketones is 1. The van der Waals surface area contributed by atoms with Gasteiger partial charge in [-0.3, -0.25) is 9.59 Å². The van der Waals surface area contributed by atoms with Crippen molar-refractivity contribution in [2.75, 3.05) is 14.2 Å². The third kappa shape index (κ3) is 5.79. The molecule has 4 rings (SSSR count). The summed E-state index contributed by atoms with van der Waals surface area (Å²) in [5, 5.41) is 11.5. The molecule has 0 aromatic heterocycles. The first-order chi connectivity index (χ1) is 17.8. The molecule has 0 aliphatic carbocycles. The van der Waals surface area contributed by atoms with Crippen LogP contribution >= 0.6 is 0 Å². The first-order valence-corrected chi connectivity index (χ1v) is 12.5. The van der Waals surface area contributed by atoms with Gasteiger partial charge in [0.1, 0.15) is 34.3 Å². The summed E-state index contributed by atoms with van der Waals surface area (Å²) in [5.41, 5.74) is 1.33. The van der Waals surface area contributed by atoms with Gasteiger partial charge in [0.15, 0.2) is 0 Å². The summed E-state index contributed by atoms with van der Waals surface area (Å²) in [6.45, 7) is 1.77. The smallest absolute Gasteiger partial charge is 0.342 e. The van der Waals surface area contributed by atoms with Crippen molar-refractivity contribution >= 4 is 23.8 Å². The molecule has 2 aliphatic heterocycles. The van der Waals surface area contributed by atoms with Gasteiger partial charge in [-0.25, -0.2) is 4.79 Å². The number of hydrogen-bond donors (Lipinski definition) is 1. The molecule has 196 valence electrons. The van der Waals surface area contributed by atoms with E-state index in [4.69, 9.17) is 18.9 Å². The molecule has 0 saturated heterocycles. The average Bonchev–Trinajstić information content (AvgIpc) is 2.86. The van der Waals surface area contributed by atoms with Crippen molar-refractivity contribution in [3.63, 3.8) is 0 Å². The number of carbonyl (C=O) groups excluding carboxylic acids is 3. The second-order valence-electron chi connectivity index (χ2n) is 9.38. The van der Waals surface area contributed by atoms with Crippen LogP contribution in [0.1, 0.15) is 84.8 Å². The summed E-state index contributed by atoms with van der Waals surface area (Å²) in [5.74, 6) is -0.643. The minimum Gasteiger partial charge on any atom is -0.507 e. The number of ether oxygens (including phenoxy) is 4. The molecule has 2 aromatic carbocycles. The van der Waals surface area contributed by atoms with Crippen molar-refractivity contribution in [1.29, 1.82) is 0 Å². The van der Waals surface area contributed by atoms with Crippen LogP contribution in [0.4, 0.5) is 0 Å². The maximum absolute atomic E-state index is 13.4. The fraction of sp³-hybridized carbons (Fsp3) is 0.414. The standard InChI is InChI=1S/C29H32O8/c1-17-8-7-11-19(30)10-6-4-5-9-18-14-24-27(28(32)26(18)29(33)36-17)22(16-25(31)37-24)21-15-20(34-2)12-13-23(21)35-3/h5,9,12-15,17,22,32H,4,6-8,10-11,16H2,1-3H3/t17-,22+/m1/s1. The predicted molar refractivity (Wildman–Crippen MR) is 136 cm³/mol. The van der Waals surface area contributed by atoms with E-state index in [1.807, 2.05) is 6.08 Å². The van der Waals surface area contributed by atoms with E-state index in [0.29, 0.717) is 66.7 Å². The quantitative estimate of drug-likeness (QED) is 0.438. The highest BCUT2D eigenvalue weighted by Crippen LogP contribution is 2.49. The highest BCUT2D eigenvalue weighted by molar-refractivity contribution is 5.98. The number of rotatable bonds is 3. The monoisotopic (exact) mass is 508 g/mol. The zero-order chi connectivity index (χ0) is 26.5. The highest BCUT2D eigenvalue weighted by Gasteiger charge is 2.37. The van der Waals surface area contributed by atoms with E-state index in [2.05, 4.69) is 0 Å². The van der Waals surface area contributed by atoms with E-state index in [-0.39, 0.29) is 29.3 Å². The molecule has 8 heteroatoms. The molecular weight excluding hydrogens is 476 g/mol. The fourth-order valence-electron chi connectivity index (χ4n) is 4.90. The zero-order valence-electron chi connectivity index (χ0n) is 21.4. The second-order valence-corrected chi connectivity index (χ2v) is 9.38. The summed E-state index contributed by atoms with van der Waals surface area (Å²) in [4.78, 5) is 38.1. The Morgan fingerprint density at radius 2 is 1.81 bits per heavy atom. The molecule has 0 unspecified atom stereocenters. The van der Waals surface area contributed by atoms with Crippen molar-refractivity contribution in [3.8, 4) is 23.0 Å². The molecule has 37 heavy (non-hydrogen) atoms. The second kappa shape index (κ2) is 11.5. The number of phenolic OH excluding ortho intramolecular Hbond substituents is 1. The Morgan fingerprint density at radius 3 is 2.57 bits per heavy atom. The van der Waals surface area contributed by atoms with Crippen LogP contribution in [-0.4, -0.2) is 43.2 Å². The Morgan fingerprint density at radius 1 is 1.03 bits per heavy atom. The van der Waals surface area contributed by atoms with Crippen LogP contribution < -0.4 is 14.2 Å². The SMILES string of the molecule is COc1ccc(OC)c([C@@H]2CC(=O)Oc3cc4c(c(O)c32)C(=O)O[C@H](C)CCCC(=O)CCCC=C4)c1. The minimum absolute atomic E-state index is 0.0137. The first-order valence-electron chi connectivity index (χ1n) is 12.5. The molecule has 0 saturated carbocycles. The van der Waals surface area contributed by atoms with Crippen LogP contribution in [0.15, 0.2) is 30.3 Å². The number of methoxy groups -OCH3 is 2. The summed E-state index contributed by atoms with van der Waals surface area (Å²) < 4.78 is 22.1. The van der Waals surface area contributed by atoms with Crippen LogP contribution in [0, 0.1) is 0 Å². The normalized spacial score (nSPS) is 20.7. The van der Waals surface area contributed by atoms with Gasteiger partial charge in [-0.1, -0.05) is 12.2 Å². The summed E-state index contributed by atoms with van der Waals surface area (Å²) >= 11 is 0. The molecule has 0 fully saturated rings. The number of phenols is 1. The van der Waals surface area contributed by atoms with Gasteiger partial charge in [-0.2, -0.15) is 0 Å². The van der Waals surface area contributed by atoms with Crippen LogP contribution in [0.5, 0.6) is 23.0 Å². The molecule has 2 atom stereocenters. The van der Waals surface area contributed by atoms with E-state index in [1.165, 1.54) is 14.2 Å². The molecular formula is C29H32O8. The van der Waals surface area contributed by atoms with Gasteiger partial charge < -0.3 is 24.1 Å². The van der Waals surface area contributed by atoms with Crippen LogP contribution in [-0.2, 0) is 14.3 Å². The predicted octanol–water partition coefficient (Wildman–Crippen LogP) is 5.33. The van der Waals surface area contributed by atoms with Gasteiger partial charge in [-0.05, 0) is 62.4 Å². The van der Waals surface area contributed by atoms with Crippen molar-refractivity contribution in [2.45, 2.75) is 63.9 Å². The van der Waals surface area contributed by atoms with E-state index in [9.17, 15) is 19.5 Å². The zero-order valence-corrected chi connectivity index (χ0v) is 21.4. The number of Topliss-reactive ketones (excluding diaryl/α,β-unsaturated/α-hetero) is 1. The Balaban J connectivity index is 1.85. The van der Waals surface area contributed by atoms with Gasteiger partial charge in [0, 0.05) is 29.9 Å². The number of aromatic hydroxyl groups is 1. The van der Waals surface area contributed by atoms with E-state index >= 15 is 0 Å². The lowest BCUT2D eigenvalue weighted by molar-refractivity contribution is -0.135. The average molecular weight is 509 g/mol. The molecule has 1 N–H and O–H groups in total. The lowest BCUT2D eigenvalue weighted by Gasteiger charge is -2.28. The van der Waals surface area contributed by atoms with Gasteiger partial charge in [0.2, 0.25) is 0 Å². The maximum Gasteiger partial charge on any atom is 0.342 e. The van der Waals surface area contributed by atoms with E-state index in [0.717, 1.165) is 0 Å². The lowest BCUT2D eigenvalue weighted by atomic mass is 9.83. The Kier molecular flexibility index (Phi) is 8.16. The third-order valence-electron chi connectivity index (χ3n) is 6.79. The molecule has 0 spiro atoms. The Labute approximate surface area is 216 Å². The summed E-state index contributed by atoms with van der Waals surface area (Å²) in [7, 11) is 3.06. The third-order valence-corrected chi connectivity index (χ3v) is 6.79. The van der Waals surface area contributed by atoms with Crippen LogP contribution in [0.25, 0.3) is 6.08 Å². The number of carbonyl (C=O) groups is 3. The maximum atomic E-state index is 13.4. The number of hydrogen-bond acceptors (Lipinski definition) is 8. The van der Waals surface area contributed by atoms with Gasteiger partial charge in [0.05, 0.1) is 26.7 Å². The Hall–Kier alpha value is -3.81.